The molecule has 3 N–H and O–H groups in total. The number of esters is 2. The zero-order chi connectivity index (χ0) is 24.6. The number of rotatable bonds is 4. The molecule has 2 aromatic rings. The number of hydrogen-bond donors (Lipinski definition) is 2. The number of benzene rings is 1. The third kappa shape index (κ3) is 4.72. The molecule has 1 saturated carbocycles. The molecule has 0 unspecified atom stereocenters. The summed E-state index contributed by atoms with van der Waals surface area (Å²) in [6.07, 6.45) is -1.53. The van der Waals surface area contributed by atoms with E-state index < -0.39 is 29.2 Å². The first-order chi connectivity index (χ1) is 16.1. The maximum absolute atomic E-state index is 12.4. The van der Waals surface area contributed by atoms with Crippen LogP contribution in [0.3, 0.4) is 0 Å². The molecule has 4 rings (SSSR count). The Kier molecular flexibility index (Phi) is 6.53. The Morgan fingerprint density at radius 1 is 1.18 bits per heavy atom. The molecule has 1 aliphatic carbocycles. The van der Waals surface area contributed by atoms with Gasteiger partial charge in [-0.25, -0.2) is 9.59 Å². The van der Waals surface area contributed by atoms with Gasteiger partial charge >= 0.3 is 18.1 Å². The topological polar surface area (TPSA) is 105 Å². The van der Waals surface area contributed by atoms with Gasteiger partial charge in [-0.3, -0.25) is 4.79 Å². The molecule has 1 aromatic carbocycles. The molecule has 1 aromatic heterocycles. The second-order valence-corrected chi connectivity index (χ2v) is 8.91. The summed E-state index contributed by atoms with van der Waals surface area (Å²) < 4.78 is 41.0. The van der Waals surface area contributed by atoms with Gasteiger partial charge < -0.3 is 20.4 Å². The highest BCUT2D eigenvalue weighted by atomic mass is 19.4. The number of aryl methyl sites for hydroxylation is 1. The quantitative estimate of drug-likeness (QED) is 0.517. The largest absolute Gasteiger partial charge is 0.491 e. The summed E-state index contributed by atoms with van der Waals surface area (Å²) in [7, 11) is 0. The van der Waals surface area contributed by atoms with Gasteiger partial charge in [-0.1, -0.05) is 25.5 Å². The Hall–Kier alpha value is -3.14. The highest BCUT2D eigenvalue weighted by molar-refractivity contribution is 5.98. The third-order valence-corrected chi connectivity index (χ3v) is 6.82. The lowest BCUT2D eigenvalue weighted by atomic mass is 9.78. The number of ether oxygens (including phenoxy) is 1. The number of aromatic amines is 1. The summed E-state index contributed by atoms with van der Waals surface area (Å²) in [6.45, 7) is 3.65. The van der Waals surface area contributed by atoms with Crippen molar-refractivity contribution < 1.29 is 27.5 Å². The number of fused-ring (bicyclic) bond motifs is 1. The zero-order valence-corrected chi connectivity index (χ0v) is 18.7. The fourth-order valence-electron chi connectivity index (χ4n) is 5.02. The van der Waals surface area contributed by atoms with Gasteiger partial charge in [-0.15, -0.1) is 0 Å². The molecule has 3 atom stereocenters. The van der Waals surface area contributed by atoms with Crippen molar-refractivity contribution in [2.24, 2.45) is 17.6 Å². The number of anilines is 1. The molecule has 2 heterocycles. The van der Waals surface area contributed by atoms with Crippen LogP contribution in [0.5, 0.6) is 0 Å². The van der Waals surface area contributed by atoms with Crippen molar-refractivity contribution in [1.82, 2.24) is 4.98 Å². The lowest BCUT2D eigenvalue weighted by Crippen LogP contribution is -2.38. The van der Waals surface area contributed by atoms with Crippen LogP contribution in [0, 0.1) is 11.8 Å². The molecular formula is C24H26F3N3O4. The van der Waals surface area contributed by atoms with Gasteiger partial charge in [0.05, 0.1) is 5.69 Å². The number of halogens is 3. The van der Waals surface area contributed by atoms with E-state index >= 15 is 0 Å². The Morgan fingerprint density at radius 3 is 2.50 bits per heavy atom. The molecule has 0 amide bonds. The number of alkyl halides is 3. The number of nitrogens with one attached hydrogen (secondary N) is 1. The number of nitrogens with two attached hydrogens (primary N) is 1. The van der Waals surface area contributed by atoms with Crippen LogP contribution in [-0.4, -0.2) is 42.2 Å². The van der Waals surface area contributed by atoms with Gasteiger partial charge in [-0.2, -0.15) is 13.2 Å². The van der Waals surface area contributed by atoms with E-state index in [4.69, 9.17) is 5.73 Å². The van der Waals surface area contributed by atoms with Gasteiger partial charge in [0.25, 0.3) is 5.56 Å². The number of carbonyl (C=O) groups excluding carboxylic acids is 2. The van der Waals surface area contributed by atoms with Crippen LogP contribution in [0.2, 0.25) is 0 Å². The van der Waals surface area contributed by atoms with E-state index in [2.05, 4.69) is 14.6 Å². The van der Waals surface area contributed by atoms with Crippen LogP contribution in [0.15, 0.2) is 35.1 Å². The van der Waals surface area contributed by atoms with Gasteiger partial charge in [-0.05, 0) is 60.4 Å². The van der Waals surface area contributed by atoms with E-state index in [1.54, 1.807) is 6.92 Å². The second-order valence-electron chi connectivity index (χ2n) is 8.91. The molecule has 0 radical (unpaired) electrons. The van der Waals surface area contributed by atoms with Gasteiger partial charge in [0.2, 0.25) is 0 Å². The molecule has 182 valence electrons. The zero-order valence-electron chi connectivity index (χ0n) is 18.7. The van der Waals surface area contributed by atoms with E-state index in [0.717, 1.165) is 31.6 Å². The molecule has 2 aliphatic rings. The summed E-state index contributed by atoms with van der Waals surface area (Å²) in [5.74, 6) is -3.22. The van der Waals surface area contributed by atoms with Crippen molar-refractivity contribution in [3.05, 3.63) is 51.8 Å². The van der Waals surface area contributed by atoms with Crippen molar-refractivity contribution in [2.75, 3.05) is 18.0 Å². The van der Waals surface area contributed by atoms with Crippen molar-refractivity contribution in [3.63, 3.8) is 0 Å². The average molecular weight is 477 g/mol. The van der Waals surface area contributed by atoms with Gasteiger partial charge in [0, 0.05) is 24.8 Å². The fraction of sp³-hybridized carbons (Fsp3) is 0.458. The molecule has 0 bridgehead atoms. The first-order valence-corrected chi connectivity index (χ1v) is 11.3. The van der Waals surface area contributed by atoms with Gasteiger partial charge in [0.15, 0.2) is 0 Å². The first kappa shape index (κ1) is 24.0. The smallest absolute Gasteiger partial charge is 0.382 e. The van der Waals surface area contributed by atoms with Crippen molar-refractivity contribution >= 4 is 17.6 Å². The predicted molar refractivity (Wildman–Crippen MR) is 119 cm³/mol. The van der Waals surface area contributed by atoms with Crippen LogP contribution < -0.4 is 16.2 Å². The number of nitrogens with zero attached hydrogens (tertiary/aromatic N) is 1. The maximum atomic E-state index is 12.4. The Morgan fingerprint density at radius 2 is 1.88 bits per heavy atom. The van der Waals surface area contributed by atoms with E-state index in [9.17, 15) is 27.6 Å². The maximum Gasteiger partial charge on any atom is 0.491 e. The lowest BCUT2D eigenvalue weighted by Gasteiger charge is -2.29. The highest BCUT2D eigenvalue weighted by Crippen LogP contribution is 2.38. The van der Waals surface area contributed by atoms with Crippen molar-refractivity contribution in [2.45, 2.75) is 44.8 Å². The number of carbonyl (C=O) groups is 2. The molecular weight excluding hydrogens is 451 g/mol. The first-order valence-electron chi connectivity index (χ1n) is 11.3. The molecule has 1 saturated heterocycles. The lowest BCUT2D eigenvalue weighted by molar-refractivity contribution is -0.193. The number of aromatic nitrogens is 1. The number of H-pyrrole nitrogens is 1. The minimum Gasteiger partial charge on any atom is -0.382 e. The monoisotopic (exact) mass is 477 g/mol. The number of hydrogen-bond acceptors (Lipinski definition) is 6. The summed E-state index contributed by atoms with van der Waals surface area (Å²) >= 11 is 0. The van der Waals surface area contributed by atoms with E-state index in [1.807, 2.05) is 24.3 Å². The van der Waals surface area contributed by atoms with Crippen LogP contribution in [-0.2, 0) is 16.0 Å². The number of pyridine rings is 1. The summed E-state index contributed by atoms with van der Waals surface area (Å²) in [5.41, 5.74) is 7.45. The summed E-state index contributed by atoms with van der Waals surface area (Å²) in [6, 6.07) is 9.03. The fourth-order valence-corrected chi connectivity index (χ4v) is 5.02. The Balaban J connectivity index is 1.55. The van der Waals surface area contributed by atoms with Crippen LogP contribution >= 0.6 is 0 Å². The van der Waals surface area contributed by atoms with E-state index in [0.29, 0.717) is 35.1 Å². The third-order valence-electron chi connectivity index (χ3n) is 6.82. The highest BCUT2D eigenvalue weighted by Gasteiger charge is 2.43. The Bertz CT molecular complexity index is 1140. The van der Waals surface area contributed by atoms with E-state index in [-0.39, 0.29) is 6.04 Å². The molecule has 34 heavy (non-hydrogen) atoms. The minimum absolute atomic E-state index is 0.233. The standard InChI is InChI=1S/C24H26F3N3O4/c1-2-13-10-17(22(32)34-23(33)24(25,26)27)21(31)29-20(13)14-6-8-16(9-7-14)30-11-15-4-3-5-19(28)18(15)12-30/h6-10,15,18-19H,2-5,11-12,28H2,1H3,(H,29,31)/t15-,18+,19+/m1/s1. The van der Waals surface area contributed by atoms with Crippen LogP contribution in [0.1, 0.15) is 42.1 Å². The Labute approximate surface area is 194 Å². The van der Waals surface area contributed by atoms with E-state index in [1.165, 1.54) is 12.5 Å². The van der Waals surface area contributed by atoms with Crippen LogP contribution in [0.4, 0.5) is 18.9 Å². The van der Waals surface area contributed by atoms with Crippen LogP contribution in [0.25, 0.3) is 11.3 Å². The molecule has 7 nitrogen and oxygen atoms in total. The second kappa shape index (κ2) is 9.25. The summed E-state index contributed by atoms with van der Waals surface area (Å²) in [5, 5.41) is 0. The van der Waals surface area contributed by atoms with Gasteiger partial charge in [0.1, 0.15) is 5.56 Å². The average Bonchev–Trinajstić information content (AvgIpc) is 3.24. The SMILES string of the molecule is CCc1cc(C(=O)OC(=O)C(F)(F)F)c(=O)[nH]c1-c1ccc(N2C[C@H]3CCC[C@H](N)[C@H]3C2)cc1. The summed E-state index contributed by atoms with van der Waals surface area (Å²) in [4.78, 5) is 40.3. The van der Waals surface area contributed by atoms with Crippen molar-refractivity contribution in [1.29, 1.82) is 0 Å². The minimum atomic E-state index is -5.34. The normalized spacial score (nSPS) is 22.4. The molecule has 1 aliphatic heterocycles. The molecule has 0 spiro atoms. The molecule has 10 heteroatoms. The predicted octanol–water partition coefficient (Wildman–Crippen LogP) is 3.41. The molecule has 2 fully saturated rings. The van der Waals surface area contributed by atoms with Crippen molar-refractivity contribution in [3.8, 4) is 11.3 Å².